The molecule has 0 bridgehead atoms. The van der Waals surface area contributed by atoms with Crippen LogP contribution in [0.25, 0.3) is 0 Å². The van der Waals surface area contributed by atoms with Gasteiger partial charge < -0.3 is 20.4 Å². The Labute approximate surface area is 207 Å². The highest BCUT2D eigenvalue weighted by Crippen LogP contribution is 2.36. The predicted molar refractivity (Wildman–Crippen MR) is 135 cm³/mol. The molecule has 3 heterocycles. The summed E-state index contributed by atoms with van der Waals surface area (Å²) in [5, 5.41) is 14.4. The van der Waals surface area contributed by atoms with E-state index in [0.717, 1.165) is 61.1 Å². The Morgan fingerprint density at radius 1 is 1.15 bits per heavy atom. The van der Waals surface area contributed by atoms with Gasteiger partial charge in [-0.15, -0.1) is 0 Å². The van der Waals surface area contributed by atoms with Crippen LogP contribution in [0.3, 0.4) is 0 Å². The summed E-state index contributed by atoms with van der Waals surface area (Å²) in [4.78, 5) is 27.0. The molecule has 1 aliphatic heterocycles. The maximum atomic E-state index is 12.0. The molecule has 2 aliphatic rings. The van der Waals surface area contributed by atoms with Crippen molar-refractivity contribution in [3.63, 3.8) is 0 Å². The van der Waals surface area contributed by atoms with Gasteiger partial charge in [-0.1, -0.05) is 11.6 Å². The second-order valence-corrected chi connectivity index (χ2v) is 10.2. The maximum absolute atomic E-state index is 12.0. The lowest BCUT2D eigenvalue weighted by Gasteiger charge is -2.33. The van der Waals surface area contributed by atoms with Crippen molar-refractivity contribution >= 4 is 52.4 Å². The summed E-state index contributed by atoms with van der Waals surface area (Å²) < 4.78 is 0. The summed E-state index contributed by atoms with van der Waals surface area (Å²) in [7, 11) is 2.11. The smallest absolute Gasteiger partial charge is 0.227 e. The second kappa shape index (κ2) is 9.81. The first-order valence-corrected chi connectivity index (χ1v) is 12.5. The molecule has 1 saturated carbocycles. The Morgan fingerprint density at radius 3 is 2.53 bits per heavy atom. The number of rotatable bonds is 7. The Bertz CT molecular complexity index is 1170. The van der Waals surface area contributed by atoms with Gasteiger partial charge in [-0.2, -0.15) is 5.10 Å². The van der Waals surface area contributed by atoms with Crippen LogP contribution in [0.15, 0.2) is 40.4 Å². The molecule has 2 fully saturated rings. The van der Waals surface area contributed by atoms with Gasteiger partial charge in [-0.25, -0.2) is 9.97 Å². The highest BCUT2D eigenvalue weighted by Gasteiger charge is 2.29. The molecule has 1 aromatic carbocycles. The summed E-state index contributed by atoms with van der Waals surface area (Å²) in [6, 6.07) is 9.64. The number of hydrogen-bond donors (Lipinski definition) is 3. The fourth-order valence-corrected chi connectivity index (χ4v) is 4.68. The van der Waals surface area contributed by atoms with E-state index in [2.05, 4.69) is 37.7 Å². The number of piperazine rings is 1. The lowest BCUT2D eigenvalue weighted by atomic mass is 10.3. The normalized spacial score (nSPS) is 16.5. The minimum atomic E-state index is 0.0996. The molecule has 1 aliphatic carbocycles. The average Bonchev–Trinajstić information content (AvgIpc) is 3.60. The largest absolute Gasteiger partial charge is 0.353 e. The standard InChI is InChI=1S/C23H27ClN8OS/c1-14-13-18(30-29-14)26-20-19(24)21(32-11-9-31(2)10-12-32)28-23(27-20)34-17-7-5-16(6-8-17)25-22(33)15-3-4-15/h5-8,13,15H,3-4,9-12H2,1-2H3,(H,25,33)(H2,26,27,28,29,30). The number of carbonyl (C=O) groups is 1. The molecule has 3 N–H and O–H groups in total. The number of aromatic amines is 1. The van der Waals surface area contributed by atoms with Crippen LogP contribution in [0.1, 0.15) is 18.5 Å². The van der Waals surface area contributed by atoms with Gasteiger partial charge in [-0.3, -0.25) is 9.89 Å². The van der Waals surface area contributed by atoms with Crippen molar-refractivity contribution in [3.05, 3.63) is 41.0 Å². The van der Waals surface area contributed by atoms with Crippen LogP contribution in [-0.4, -0.2) is 64.2 Å². The minimum absolute atomic E-state index is 0.0996. The first kappa shape index (κ1) is 22.9. The fraction of sp³-hybridized carbons (Fsp3) is 0.391. The van der Waals surface area contributed by atoms with Crippen LogP contribution in [0.4, 0.5) is 23.1 Å². The zero-order valence-electron chi connectivity index (χ0n) is 19.1. The number of hydrogen-bond acceptors (Lipinski definition) is 8. The van der Waals surface area contributed by atoms with E-state index in [0.29, 0.717) is 21.8 Å². The molecule has 178 valence electrons. The van der Waals surface area contributed by atoms with E-state index in [4.69, 9.17) is 21.6 Å². The second-order valence-electron chi connectivity index (χ2n) is 8.73. The number of nitrogens with one attached hydrogen (secondary N) is 3. The van der Waals surface area contributed by atoms with Gasteiger partial charge in [0.05, 0.1) is 0 Å². The Hall–Kier alpha value is -2.82. The number of amides is 1. The van der Waals surface area contributed by atoms with E-state index in [1.807, 2.05) is 37.3 Å². The molecular weight excluding hydrogens is 472 g/mol. The van der Waals surface area contributed by atoms with Crippen LogP contribution >= 0.6 is 23.4 Å². The monoisotopic (exact) mass is 498 g/mol. The van der Waals surface area contributed by atoms with Crippen LogP contribution in [0.2, 0.25) is 5.02 Å². The molecule has 0 spiro atoms. The topological polar surface area (TPSA) is 102 Å². The average molecular weight is 499 g/mol. The summed E-state index contributed by atoms with van der Waals surface area (Å²) in [6.07, 6.45) is 1.97. The number of aryl methyl sites for hydroxylation is 1. The van der Waals surface area contributed by atoms with Crippen molar-refractivity contribution in [1.82, 2.24) is 25.1 Å². The molecule has 11 heteroatoms. The number of anilines is 4. The number of aromatic nitrogens is 4. The molecule has 1 amide bonds. The van der Waals surface area contributed by atoms with E-state index in [-0.39, 0.29) is 11.8 Å². The Balaban J connectivity index is 1.39. The number of carbonyl (C=O) groups excluding carboxylic acids is 1. The molecule has 3 aromatic rings. The molecule has 9 nitrogen and oxygen atoms in total. The molecule has 0 unspecified atom stereocenters. The summed E-state index contributed by atoms with van der Waals surface area (Å²) in [5.41, 5.74) is 1.74. The van der Waals surface area contributed by atoms with Crippen molar-refractivity contribution in [2.24, 2.45) is 5.92 Å². The predicted octanol–water partition coefficient (Wildman–Crippen LogP) is 4.16. The minimum Gasteiger partial charge on any atom is -0.353 e. The van der Waals surface area contributed by atoms with Crippen molar-refractivity contribution in [1.29, 1.82) is 0 Å². The van der Waals surface area contributed by atoms with Crippen LogP contribution < -0.4 is 15.5 Å². The van der Waals surface area contributed by atoms with Gasteiger partial charge >= 0.3 is 0 Å². The summed E-state index contributed by atoms with van der Waals surface area (Å²) in [6.45, 7) is 5.51. The first-order chi connectivity index (χ1) is 16.4. The molecule has 5 rings (SSSR count). The number of halogens is 1. The van der Waals surface area contributed by atoms with Crippen molar-refractivity contribution in [2.75, 3.05) is 48.8 Å². The molecule has 34 heavy (non-hydrogen) atoms. The lowest BCUT2D eigenvalue weighted by Crippen LogP contribution is -2.45. The molecule has 1 saturated heterocycles. The van der Waals surface area contributed by atoms with E-state index in [1.165, 1.54) is 11.8 Å². The first-order valence-electron chi connectivity index (χ1n) is 11.3. The van der Waals surface area contributed by atoms with Crippen molar-refractivity contribution in [2.45, 2.75) is 29.8 Å². The molecule has 0 radical (unpaired) electrons. The zero-order chi connectivity index (χ0) is 23.7. The van der Waals surface area contributed by atoms with Crippen LogP contribution in [0.5, 0.6) is 0 Å². The van der Waals surface area contributed by atoms with E-state index in [1.54, 1.807) is 0 Å². The van der Waals surface area contributed by atoms with Gasteiger partial charge in [0.15, 0.2) is 22.6 Å². The van der Waals surface area contributed by atoms with Crippen LogP contribution in [-0.2, 0) is 4.79 Å². The summed E-state index contributed by atoms with van der Waals surface area (Å²) >= 11 is 8.23. The highest BCUT2D eigenvalue weighted by atomic mass is 35.5. The third kappa shape index (κ3) is 5.45. The maximum Gasteiger partial charge on any atom is 0.227 e. The highest BCUT2D eigenvalue weighted by molar-refractivity contribution is 7.99. The number of nitrogens with zero attached hydrogens (tertiary/aromatic N) is 5. The van der Waals surface area contributed by atoms with Crippen LogP contribution in [0, 0.1) is 12.8 Å². The Kier molecular flexibility index (Phi) is 6.62. The molecule has 2 aromatic heterocycles. The molecular formula is C23H27ClN8OS. The SMILES string of the molecule is Cc1cc(Nc2nc(Sc3ccc(NC(=O)C4CC4)cc3)nc(N3CCN(C)CC3)c2Cl)n[nH]1. The number of H-pyrrole nitrogens is 1. The quantitative estimate of drug-likeness (QED) is 0.417. The third-order valence-corrected chi connectivity index (χ3v) is 7.07. The lowest BCUT2D eigenvalue weighted by molar-refractivity contribution is -0.117. The van der Waals surface area contributed by atoms with Gasteiger partial charge in [-0.05, 0) is 62.8 Å². The van der Waals surface area contributed by atoms with Gasteiger partial charge in [0.25, 0.3) is 0 Å². The molecule has 0 atom stereocenters. The van der Waals surface area contributed by atoms with E-state index in [9.17, 15) is 4.79 Å². The summed E-state index contributed by atoms with van der Waals surface area (Å²) in [5.74, 6) is 2.16. The van der Waals surface area contributed by atoms with E-state index < -0.39 is 0 Å². The van der Waals surface area contributed by atoms with Crippen molar-refractivity contribution < 1.29 is 4.79 Å². The third-order valence-electron chi connectivity index (χ3n) is 5.85. The Morgan fingerprint density at radius 2 is 1.88 bits per heavy atom. The van der Waals surface area contributed by atoms with Gasteiger partial charge in [0.2, 0.25) is 5.91 Å². The van der Waals surface area contributed by atoms with Gasteiger partial charge in [0, 0.05) is 54.4 Å². The number of likely N-dealkylation sites (N-methyl/N-ethyl adjacent to an activating group) is 1. The van der Waals surface area contributed by atoms with Gasteiger partial charge in [0.1, 0.15) is 5.02 Å². The van der Waals surface area contributed by atoms with Crippen molar-refractivity contribution in [3.8, 4) is 0 Å². The van der Waals surface area contributed by atoms with E-state index >= 15 is 0 Å². The zero-order valence-corrected chi connectivity index (χ0v) is 20.7. The fourth-order valence-electron chi connectivity index (χ4n) is 3.68. The number of benzene rings is 1.